The van der Waals surface area contributed by atoms with Crippen LogP contribution in [-0.2, 0) is 0 Å². The summed E-state index contributed by atoms with van der Waals surface area (Å²) < 4.78 is 5.12. The number of carbonyl (C=O) groups excluding carboxylic acids is 1. The molecule has 0 atom stereocenters. The van der Waals surface area contributed by atoms with E-state index >= 15 is 0 Å². The molecule has 0 bridgehead atoms. The molecule has 4 nitrogen and oxygen atoms in total. The van der Waals surface area contributed by atoms with Crippen LogP contribution in [-0.4, -0.2) is 22.9 Å². The van der Waals surface area contributed by atoms with Gasteiger partial charge in [0.15, 0.2) is 5.78 Å². The van der Waals surface area contributed by atoms with Gasteiger partial charge in [0.2, 0.25) is 0 Å². The summed E-state index contributed by atoms with van der Waals surface area (Å²) in [6.45, 7) is 3.27. The number of hydrogen-bond acceptors (Lipinski definition) is 4. The fourth-order valence-electron chi connectivity index (χ4n) is 1.62. The lowest BCUT2D eigenvalue weighted by atomic mass is 10.1. The predicted octanol–water partition coefficient (Wildman–Crippen LogP) is 2.15. The fourth-order valence-corrected chi connectivity index (χ4v) is 1.62. The van der Waals surface area contributed by atoms with Gasteiger partial charge in [-0.3, -0.25) is 4.79 Å². The lowest BCUT2D eigenvalue weighted by Gasteiger charge is -2.06. The Bertz CT molecular complexity index is 564. The third-order valence-electron chi connectivity index (χ3n) is 2.35. The Kier molecular flexibility index (Phi) is 2.56. The second-order valence-corrected chi connectivity index (χ2v) is 3.56. The van der Waals surface area contributed by atoms with Crippen LogP contribution >= 0.6 is 0 Å². The Balaban J connectivity index is 2.80. The average molecular weight is 216 g/mol. The molecule has 0 N–H and O–H groups in total. The number of nitrogens with zero attached hydrogens (tertiary/aromatic N) is 2. The number of aryl methyl sites for hydroxylation is 1. The highest BCUT2D eigenvalue weighted by Crippen LogP contribution is 2.22. The van der Waals surface area contributed by atoms with Crippen molar-refractivity contribution in [1.82, 2.24) is 9.97 Å². The topological polar surface area (TPSA) is 52.1 Å². The lowest BCUT2D eigenvalue weighted by Crippen LogP contribution is -2.02. The number of carbonyl (C=O) groups is 1. The molecule has 0 unspecified atom stereocenters. The largest absolute Gasteiger partial charge is 0.497 e. The zero-order valence-corrected chi connectivity index (χ0v) is 9.44. The molecule has 0 aliphatic heterocycles. The minimum Gasteiger partial charge on any atom is -0.497 e. The standard InChI is InChI=1S/C12H12N2O2/c1-7(15)12-10-6-9(16-3)4-5-11(10)13-8(2)14-12/h4-6H,1-3H3. The molecule has 2 rings (SSSR count). The summed E-state index contributed by atoms with van der Waals surface area (Å²) in [5.74, 6) is 1.23. The number of hydrogen-bond donors (Lipinski definition) is 0. The summed E-state index contributed by atoms with van der Waals surface area (Å²) >= 11 is 0. The van der Waals surface area contributed by atoms with E-state index in [4.69, 9.17) is 4.74 Å². The molecule has 0 saturated carbocycles. The summed E-state index contributed by atoms with van der Waals surface area (Å²) in [5, 5.41) is 0.734. The number of methoxy groups -OCH3 is 1. The van der Waals surface area contributed by atoms with E-state index in [-0.39, 0.29) is 5.78 Å². The molecule has 16 heavy (non-hydrogen) atoms. The summed E-state index contributed by atoms with van der Waals surface area (Å²) in [7, 11) is 1.59. The summed E-state index contributed by atoms with van der Waals surface area (Å²) in [4.78, 5) is 19.9. The van der Waals surface area contributed by atoms with Crippen molar-refractivity contribution in [3.63, 3.8) is 0 Å². The molecule has 82 valence electrons. The molecule has 0 amide bonds. The van der Waals surface area contributed by atoms with Gasteiger partial charge in [0.1, 0.15) is 17.3 Å². The number of rotatable bonds is 2. The van der Waals surface area contributed by atoms with Crippen LogP contribution in [0.1, 0.15) is 23.2 Å². The Morgan fingerprint density at radius 2 is 2.06 bits per heavy atom. The zero-order chi connectivity index (χ0) is 11.7. The van der Waals surface area contributed by atoms with Crippen LogP contribution in [0.25, 0.3) is 10.9 Å². The molecule has 0 spiro atoms. The number of Topliss-reactive ketones (excluding diaryl/α,β-unsaturated/α-hetero) is 1. The predicted molar refractivity (Wildman–Crippen MR) is 60.8 cm³/mol. The molecule has 0 aliphatic rings. The van der Waals surface area contributed by atoms with Gasteiger partial charge in [0, 0.05) is 12.3 Å². The number of fused-ring (bicyclic) bond motifs is 1. The number of benzene rings is 1. The third kappa shape index (κ3) is 1.74. The third-order valence-corrected chi connectivity index (χ3v) is 2.35. The van der Waals surface area contributed by atoms with Crippen molar-refractivity contribution < 1.29 is 9.53 Å². The van der Waals surface area contributed by atoms with Crippen LogP contribution in [0.5, 0.6) is 5.75 Å². The van der Waals surface area contributed by atoms with E-state index in [9.17, 15) is 4.79 Å². The molecule has 1 aromatic carbocycles. The van der Waals surface area contributed by atoms with Gasteiger partial charge in [-0.1, -0.05) is 0 Å². The van der Waals surface area contributed by atoms with Gasteiger partial charge in [-0.15, -0.1) is 0 Å². The molecule has 0 saturated heterocycles. The lowest BCUT2D eigenvalue weighted by molar-refractivity contribution is 0.101. The van der Waals surface area contributed by atoms with E-state index in [0.717, 1.165) is 10.9 Å². The second kappa shape index (κ2) is 3.89. The van der Waals surface area contributed by atoms with Crippen molar-refractivity contribution in [3.8, 4) is 5.75 Å². The van der Waals surface area contributed by atoms with Crippen LogP contribution in [0, 0.1) is 6.92 Å². The highest BCUT2D eigenvalue weighted by molar-refractivity contribution is 6.04. The van der Waals surface area contributed by atoms with Gasteiger partial charge in [0.25, 0.3) is 0 Å². The minimum absolute atomic E-state index is 0.0660. The Hall–Kier alpha value is -1.97. The van der Waals surface area contributed by atoms with Gasteiger partial charge in [-0.05, 0) is 25.1 Å². The van der Waals surface area contributed by atoms with Gasteiger partial charge in [-0.25, -0.2) is 9.97 Å². The Labute approximate surface area is 93.3 Å². The Morgan fingerprint density at radius 3 is 2.69 bits per heavy atom. The molecule has 0 radical (unpaired) electrons. The van der Waals surface area contributed by atoms with Crippen molar-refractivity contribution >= 4 is 16.7 Å². The maximum absolute atomic E-state index is 11.5. The van der Waals surface area contributed by atoms with E-state index in [1.165, 1.54) is 6.92 Å². The maximum Gasteiger partial charge on any atom is 0.178 e. The van der Waals surface area contributed by atoms with Crippen LogP contribution in [0.15, 0.2) is 18.2 Å². The number of ether oxygens (including phenoxy) is 1. The van der Waals surface area contributed by atoms with E-state index < -0.39 is 0 Å². The van der Waals surface area contributed by atoms with Crippen LogP contribution in [0.4, 0.5) is 0 Å². The smallest absolute Gasteiger partial charge is 0.178 e. The molecular weight excluding hydrogens is 204 g/mol. The number of ketones is 1. The molecule has 0 fully saturated rings. The maximum atomic E-state index is 11.5. The zero-order valence-electron chi connectivity index (χ0n) is 9.44. The molecule has 4 heteroatoms. The first-order chi connectivity index (χ1) is 7.61. The van der Waals surface area contributed by atoms with Crippen molar-refractivity contribution in [3.05, 3.63) is 29.7 Å². The SMILES string of the molecule is COc1ccc2nc(C)nc(C(C)=O)c2c1. The van der Waals surface area contributed by atoms with Crippen LogP contribution < -0.4 is 4.74 Å². The van der Waals surface area contributed by atoms with E-state index in [0.29, 0.717) is 17.3 Å². The van der Waals surface area contributed by atoms with Crippen molar-refractivity contribution in [2.45, 2.75) is 13.8 Å². The first-order valence-corrected chi connectivity index (χ1v) is 4.95. The van der Waals surface area contributed by atoms with Gasteiger partial charge in [0.05, 0.1) is 12.6 Å². The van der Waals surface area contributed by atoms with Crippen molar-refractivity contribution in [1.29, 1.82) is 0 Å². The minimum atomic E-state index is -0.0660. The van der Waals surface area contributed by atoms with Crippen molar-refractivity contribution in [2.75, 3.05) is 7.11 Å². The van der Waals surface area contributed by atoms with Gasteiger partial charge >= 0.3 is 0 Å². The summed E-state index contributed by atoms with van der Waals surface area (Å²) in [5.41, 5.74) is 1.21. The van der Waals surface area contributed by atoms with E-state index in [1.54, 1.807) is 20.1 Å². The molecule has 1 heterocycles. The van der Waals surface area contributed by atoms with Crippen LogP contribution in [0.2, 0.25) is 0 Å². The van der Waals surface area contributed by atoms with E-state index in [2.05, 4.69) is 9.97 Å². The van der Waals surface area contributed by atoms with Crippen LogP contribution in [0.3, 0.4) is 0 Å². The summed E-state index contributed by atoms with van der Waals surface area (Å²) in [6, 6.07) is 5.43. The van der Waals surface area contributed by atoms with Gasteiger partial charge < -0.3 is 4.74 Å². The monoisotopic (exact) mass is 216 g/mol. The van der Waals surface area contributed by atoms with Gasteiger partial charge in [-0.2, -0.15) is 0 Å². The van der Waals surface area contributed by atoms with E-state index in [1.807, 2.05) is 12.1 Å². The highest BCUT2D eigenvalue weighted by atomic mass is 16.5. The van der Waals surface area contributed by atoms with Crippen molar-refractivity contribution in [2.24, 2.45) is 0 Å². The normalized spacial score (nSPS) is 10.4. The fraction of sp³-hybridized carbons (Fsp3) is 0.250. The highest BCUT2D eigenvalue weighted by Gasteiger charge is 2.10. The number of aromatic nitrogens is 2. The first-order valence-electron chi connectivity index (χ1n) is 4.95. The molecule has 0 aliphatic carbocycles. The quantitative estimate of drug-likeness (QED) is 0.722. The molecule has 2 aromatic rings. The molecular formula is C12H12N2O2. The second-order valence-electron chi connectivity index (χ2n) is 3.56. The molecule has 1 aromatic heterocycles. The summed E-state index contributed by atoms with van der Waals surface area (Å²) in [6.07, 6.45) is 0. The Morgan fingerprint density at radius 1 is 1.31 bits per heavy atom. The first kappa shape index (κ1) is 10.5. The average Bonchev–Trinajstić information content (AvgIpc) is 2.27.